The van der Waals surface area contributed by atoms with E-state index in [4.69, 9.17) is 9.16 Å². The Morgan fingerprint density at radius 2 is 1.81 bits per heavy atom. The topological polar surface area (TPSA) is 55.8 Å². The van der Waals surface area contributed by atoms with E-state index < -0.39 is 13.9 Å². The number of aliphatic hydroxyl groups excluding tert-OH is 1. The summed E-state index contributed by atoms with van der Waals surface area (Å²) >= 11 is 0. The van der Waals surface area contributed by atoms with Gasteiger partial charge in [0.05, 0.1) is 12.5 Å². The molecule has 1 aliphatic carbocycles. The van der Waals surface area contributed by atoms with Gasteiger partial charge in [0.2, 0.25) is 0 Å². The molecule has 26 heavy (non-hydrogen) atoms. The standard InChI is InChI=1S/C21H40O4Si/c1-15(14-22)19(25-26(8,9)21(5,6)7)17-12-10-11-16(17)13-18(23)24-20(2,3)4/h10-11,15-17,19,22H,12-14H2,1-9H3/t15-,16+,17+,19+/m1/s1. The highest BCUT2D eigenvalue weighted by Gasteiger charge is 2.44. The molecule has 152 valence electrons. The number of ether oxygens (including phenoxy) is 1. The van der Waals surface area contributed by atoms with Crippen LogP contribution in [-0.4, -0.2) is 37.7 Å². The Balaban J connectivity index is 2.94. The molecule has 0 aromatic heterocycles. The number of carbonyl (C=O) groups excluding carboxylic acids is 1. The lowest BCUT2D eigenvalue weighted by molar-refractivity contribution is -0.156. The molecule has 4 atom stereocenters. The van der Waals surface area contributed by atoms with E-state index in [1.165, 1.54) is 0 Å². The van der Waals surface area contributed by atoms with E-state index in [1.54, 1.807) is 0 Å². The fraction of sp³-hybridized carbons (Fsp3) is 0.857. The van der Waals surface area contributed by atoms with Crippen molar-refractivity contribution >= 4 is 14.3 Å². The van der Waals surface area contributed by atoms with Crippen LogP contribution in [0, 0.1) is 17.8 Å². The van der Waals surface area contributed by atoms with Gasteiger partial charge < -0.3 is 14.3 Å². The predicted octanol–water partition coefficient (Wildman–Crippen LogP) is 4.93. The second kappa shape index (κ2) is 8.57. The molecule has 0 saturated carbocycles. The molecule has 0 bridgehead atoms. The summed E-state index contributed by atoms with van der Waals surface area (Å²) in [5.74, 6) is 0.185. The zero-order valence-corrected chi connectivity index (χ0v) is 19.3. The van der Waals surface area contributed by atoms with Crippen LogP contribution < -0.4 is 0 Å². The van der Waals surface area contributed by atoms with Crippen molar-refractivity contribution in [2.45, 2.75) is 91.1 Å². The monoisotopic (exact) mass is 384 g/mol. The molecule has 5 heteroatoms. The van der Waals surface area contributed by atoms with E-state index in [0.717, 1.165) is 6.42 Å². The van der Waals surface area contributed by atoms with Crippen LogP contribution in [0.15, 0.2) is 12.2 Å². The van der Waals surface area contributed by atoms with E-state index in [1.807, 2.05) is 27.7 Å². The average molecular weight is 385 g/mol. The van der Waals surface area contributed by atoms with Gasteiger partial charge in [-0.1, -0.05) is 39.8 Å². The van der Waals surface area contributed by atoms with Gasteiger partial charge in [-0.25, -0.2) is 0 Å². The van der Waals surface area contributed by atoms with Crippen LogP contribution in [0.5, 0.6) is 0 Å². The maximum atomic E-state index is 12.3. The summed E-state index contributed by atoms with van der Waals surface area (Å²) in [4.78, 5) is 12.3. The predicted molar refractivity (Wildman–Crippen MR) is 110 cm³/mol. The largest absolute Gasteiger partial charge is 0.460 e. The summed E-state index contributed by atoms with van der Waals surface area (Å²) in [6, 6.07) is 0. The molecule has 4 nitrogen and oxygen atoms in total. The van der Waals surface area contributed by atoms with Gasteiger partial charge in [-0.3, -0.25) is 4.79 Å². The molecule has 1 N–H and O–H groups in total. The number of hydrogen-bond acceptors (Lipinski definition) is 4. The minimum atomic E-state index is -1.98. The molecule has 0 spiro atoms. The van der Waals surface area contributed by atoms with E-state index in [0.29, 0.717) is 6.42 Å². The summed E-state index contributed by atoms with van der Waals surface area (Å²) in [7, 11) is -1.98. The number of rotatable bonds is 7. The quantitative estimate of drug-likeness (QED) is 0.384. The van der Waals surface area contributed by atoms with Gasteiger partial charge in [0.1, 0.15) is 5.60 Å². The lowest BCUT2D eigenvalue weighted by Crippen LogP contribution is -2.49. The lowest BCUT2D eigenvalue weighted by atomic mass is 9.82. The first-order chi connectivity index (χ1) is 11.7. The first kappa shape index (κ1) is 23.4. The van der Waals surface area contributed by atoms with Crippen LogP contribution in [0.25, 0.3) is 0 Å². The van der Waals surface area contributed by atoms with Crippen molar-refractivity contribution in [3.63, 3.8) is 0 Å². The molecule has 1 rings (SSSR count). The zero-order chi connectivity index (χ0) is 20.3. The Morgan fingerprint density at radius 3 is 2.27 bits per heavy atom. The average Bonchev–Trinajstić information content (AvgIpc) is 2.88. The van der Waals surface area contributed by atoms with Crippen LogP contribution in [0.2, 0.25) is 18.1 Å². The van der Waals surface area contributed by atoms with Crippen molar-refractivity contribution in [3.05, 3.63) is 12.2 Å². The van der Waals surface area contributed by atoms with E-state index >= 15 is 0 Å². The highest BCUT2D eigenvalue weighted by atomic mass is 28.4. The summed E-state index contributed by atoms with van der Waals surface area (Å²) in [5.41, 5.74) is -0.468. The van der Waals surface area contributed by atoms with Crippen molar-refractivity contribution in [3.8, 4) is 0 Å². The van der Waals surface area contributed by atoms with Crippen molar-refractivity contribution in [1.29, 1.82) is 0 Å². The van der Waals surface area contributed by atoms with Crippen LogP contribution in [0.3, 0.4) is 0 Å². The number of hydrogen-bond donors (Lipinski definition) is 1. The summed E-state index contributed by atoms with van der Waals surface area (Å²) in [6.45, 7) is 19.0. The van der Waals surface area contributed by atoms with Gasteiger partial charge in [-0.15, -0.1) is 0 Å². The third kappa shape index (κ3) is 6.50. The van der Waals surface area contributed by atoms with Gasteiger partial charge in [0.25, 0.3) is 0 Å². The molecule has 0 aromatic carbocycles. The second-order valence-corrected chi connectivity index (χ2v) is 15.0. The first-order valence-corrected chi connectivity index (χ1v) is 12.8. The molecule has 0 aromatic rings. The Morgan fingerprint density at radius 1 is 1.23 bits per heavy atom. The SMILES string of the molecule is C[C@H](CO)[C@H](O[Si](C)(C)C(C)(C)C)[C@H]1CC=C[C@H]1CC(=O)OC(C)(C)C. The van der Waals surface area contributed by atoms with Crippen LogP contribution in [0.4, 0.5) is 0 Å². The molecule has 0 heterocycles. The molecule has 0 amide bonds. The maximum Gasteiger partial charge on any atom is 0.306 e. The third-order valence-corrected chi connectivity index (χ3v) is 10.1. The van der Waals surface area contributed by atoms with Crippen molar-refractivity contribution in [2.24, 2.45) is 17.8 Å². The first-order valence-electron chi connectivity index (χ1n) is 9.85. The Labute approximate surface area is 161 Å². The van der Waals surface area contributed by atoms with Gasteiger partial charge in [0, 0.05) is 12.5 Å². The number of esters is 1. The molecule has 0 saturated heterocycles. The van der Waals surface area contributed by atoms with E-state index in [-0.39, 0.29) is 41.5 Å². The van der Waals surface area contributed by atoms with Crippen molar-refractivity contribution in [2.75, 3.05) is 6.61 Å². The summed E-state index contributed by atoms with van der Waals surface area (Å²) in [5, 5.41) is 9.91. The molecule has 0 unspecified atom stereocenters. The fourth-order valence-corrected chi connectivity index (χ4v) is 4.59. The number of aliphatic hydroxyl groups is 1. The van der Waals surface area contributed by atoms with Gasteiger partial charge >= 0.3 is 5.97 Å². The van der Waals surface area contributed by atoms with Crippen molar-refractivity contribution < 1.29 is 19.1 Å². The molecule has 0 aliphatic heterocycles. The number of carbonyl (C=O) groups is 1. The van der Waals surface area contributed by atoms with Crippen molar-refractivity contribution in [1.82, 2.24) is 0 Å². The summed E-state index contributed by atoms with van der Waals surface area (Å²) < 4.78 is 12.3. The molecule has 1 aliphatic rings. The smallest absolute Gasteiger partial charge is 0.306 e. The highest BCUT2D eigenvalue weighted by molar-refractivity contribution is 6.74. The Kier molecular flexibility index (Phi) is 7.71. The third-order valence-electron chi connectivity index (χ3n) is 5.67. The molecule has 0 radical (unpaired) electrons. The normalized spacial score (nSPS) is 23.8. The minimum Gasteiger partial charge on any atom is -0.460 e. The lowest BCUT2D eigenvalue weighted by Gasteiger charge is -2.43. The zero-order valence-electron chi connectivity index (χ0n) is 18.3. The van der Waals surface area contributed by atoms with E-state index in [2.05, 4.69) is 46.0 Å². The molecular formula is C21H40O4Si. The molecule has 0 fully saturated rings. The maximum absolute atomic E-state index is 12.3. The van der Waals surface area contributed by atoms with E-state index in [9.17, 15) is 9.90 Å². The van der Waals surface area contributed by atoms with Gasteiger partial charge in [0.15, 0.2) is 8.32 Å². The highest BCUT2D eigenvalue weighted by Crippen LogP contribution is 2.42. The summed E-state index contributed by atoms with van der Waals surface area (Å²) in [6.07, 6.45) is 5.47. The molecular weight excluding hydrogens is 344 g/mol. The Hall–Kier alpha value is -0.653. The second-order valence-electron chi connectivity index (χ2n) is 10.3. The van der Waals surface area contributed by atoms with Gasteiger partial charge in [-0.05, 0) is 57.2 Å². The minimum absolute atomic E-state index is 0.0372. The van der Waals surface area contributed by atoms with Crippen LogP contribution in [-0.2, 0) is 14.0 Å². The fourth-order valence-electron chi connectivity index (χ4n) is 3.15. The van der Waals surface area contributed by atoms with Gasteiger partial charge in [-0.2, -0.15) is 0 Å². The van der Waals surface area contributed by atoms with Crippen LogP contribution in [0.1, 0.15) is 61.3 Å². The Bertz CT molecular complexity index is 499. The number of allylic oxidation sites excluding steroid dienone is 2. The van der Waals surface area contributed by atoms with Crippen LogP contribution >= 0.6 is 0 Å².